The number of hydrogen-bond acceptors (Lipinski definition) is 4. The summed E-state index contributed by atoms with van der Waals surface area (Å²) in [6.45, 7) is 4.11. The minimum atomic E-state index is 0.252. The largest absolute Gasteiger partial charge is 0.396 e. The lowest BCUT2D eigenvalue weighted by Gasteiger charge is -2.02. The predicted octanol–water partition coefficient (Wildman–Crippen LogP) is 4.14. The minimum Gasteiger partial charge on any atom is -0.396 e. The fourth-order valence-electron chi connectivity index (χ4n) is 1.44. The Morgan fingerprint density at radius 3 is 2.50 bits per heavy atom. The SMILES string of the molecule is CCC(C)c1noc(-c2cc(Cl)c(N)c(Cl)c2)n1. The molecule has 0 bridgehead atoms. The van der Waals surface area contributed by atoms with Gasteiger partial charge in [-0.15, -0.1) is 0 Å². The van der Waals surface area contributed by atoms with Gasteiger partial charge >= 0.3 is 0 Å². The monoisotopic (exact) mass is 285 g/mol. The number of benzene rings is 1. The van der Waals surface area contributed by atoms with Gasteiger partial charge in [-0.1, -0.05) is 42.2 Å². The van der Waals surface area contributed by atoms with Crippen LogP contribution >= 0.6 is 23.2 Å². The van der Waals surface area contributed by atoms with Crippen LogP contribution in [0.3, 0.4) is 0 Å². The summed E-state index contributed by atoms with van der Waals surface area (Å²) in [5.41, 5.74) is 6.69. The number of nitrogens with two attached hydrogens (primary N) is 1. The van der Waals surface area contributed by atoms with Crippen molar-refractivity contribution in [2.45, 2.75) is 26.2 Å². The average Bonchev–Trinajstić information content (AvgIpc) is 2.84. The molecule has 0 saturated carbocycles. The van der Waals surface area contributed by atoms with Gasteiger partial charge < -0.3 is 10.3 Å². The molecule has 6 heteroatoms. The van der Waals surface area contributed by atoms with Gasteiger partial charge in [-0.05, 0) is 18.6 Å². The van der Waals surface area contributed by atoms with Crippen LogP contribution in [0.1, 0.15) is 32.0 Å². The quantitative estimate of drug-likeness (QED) is 0.861. The molecule has 1 heterocycles. The van der Waals surface area contributed by atoms with E-state index < -0.39 is 0 Å². The first-order chi connectivity index (χ1) is 8.52. The number of nitrogen functional groups attached to an aromatic ring is 1. The maximum atomic E-state index is 5.97. The second kappa shape index (κ2) is 5.16. The second-order valence-electron chi connectivity index (χ2n) is 4.12. The van der Waals surface area contributed by atoms with Crippen LogP contribution in [0.25, 0.3) is 11.5 Å². The molecule has 2 aromatic rings. The highest BCUT2D eigenvalue weighted by molar-refractivity contribution is 6.39. The fourth-order valence-corrected chi connectivity index (χ4v) is 1.93. The Morgan fingerprint density at radius 1 is 1.33 bits per heavy atom. The van der Waals surface area contributed by atoms with E-state index >= 15 is 0 Å². The molecule has 0 aliphatic heterocycles. The van der Waals surface area contributed by atoms with Crippen molar-refractivity contribution < 1.29 is 4.52 Å². The van der Waals surface area contributed by atoms with Crippen molar-refractivity contribution in [2.75, 3.05) is 5.73 Å². The van der Waals surface area contributed by atoms with Crippen molar-refractivity contribution in [1.82, 2.24) is 10.1 Å². The zero-order valence-corrected chi connectivity index (χ0v) is 11.6. The van der Waals surface area contributed by atoms with E-state index in [4.69, 9.17) is 33.5 Å². The average molecular weight is 286 g/mol. The predicted molar refractivity (Wildman–Crippen MR) is 72.9 cm³/mol. The van der Waals surface area contributed by atoms with Crippen LogP contribution in [-0.4, -0.2) is 10.1 Å². The van der Waals surface area contributed by atoms with Crippen LogP contribution in [0, 0.1) is 0 Å². The molecule has 1 unspecified atom stereocenters. The summed E-state index contributed by atoms with van der Waals surface area (Å²) in [4.78, 5) is 4.33. The molecular formula is C12H13Cl2N3O. The molecule has 2 rings (SSSR count). The Morgan fingerprint density at radius 2 is 1.94 bits per heavy atom. The first-order valence-electron chi connectivity index (χ1n) is 5.61. The van der Waals surface area contributed by atoms with Crippen molar-refractivity contribution in [3.05, 3.63) is 28.0 Å². The van der Waals surface area contributed by atoms with E-state index in [0.717, 1.165) is 6.42 Å². The Balaban J connectivity index is 2.40. The molecule has 1 atom stereocenters. The first-order valence-corrected chi connectivity index (χ1v) is 6.37. The molecule has 0 saturated heterocycles. The van der Waals surface area contributed by atoms with Crippen LogP contribution in [0.5, 0.6) is 0 Å². The van der Waals surface area contributed by atoms with Crippen molar-refractivity contribution in [2.24, 2.45) is 0 Å². The third-order valence-electron chi connectivity index (χ3n) is 2.82. The summed E-state index contributed by atoms with van der Waals surface area (Å²) < 4.78 is 5.20. The van der Waals surface area contributed by atoms with Crippen LogP contribution < -0.4 is 5.73 Å². The molecule has 0 amide bonds. The fraction of sp³-hybridized carbons (Fsp3) is 0.333. The minimum absolute atomic E-state index is 0.252. The maximum Gasteiger partial charge on any atom is 0.258 e. The van der Waals surface area contributed by atoms with Crippen LogP contribution in [0.2, 0.25) is 10.0 Å². The van der Waals surface area contributed by atoms with E-state index in [1.165, 1.54) is 0 Å². The van der Waals surface area contributed by atoms with Gasteiger partial charge in [-0.2, -0.15) is 4.98 Å². The smallest absolute Gasteiger partial charge is 0.258 e. The summed E-state index contributed by atoms with van der Waals surface area (Å²) in [7, 11) is 0. The van der Waals surface area contributed by atoms with E-state index in [1.54, 1.807) is 12.1 Å². The standard InChI is InChI=1S/C12H13Cl2N3O/c1-3-6(2)11-16-12(18-17-11)7-4-8(13)10(15)9(14)5-7/h4-6H,3,15H2,1-2H3. The molecule has 1 aromatic carbocycles. The summed E-state index contributed by atoms with van der Waals surface area (Å²) in [6.07, 6.45) is 0.947. The number of anilines is 1. The Labute approximate surface area is 115 Å². The lowest BCUT2D eigenvalue weighted by atomic mass is 10.1. The molecule has 4 nitrogen and oxygen atoms in total. The lowest BCUT2D eigenvalue weighted by Crippen LogP contribution is -1.93. The highest BCUT2D eigenvalue weighted by atomic mass is 35.5. The molecule has 1 aromatic heterocycles. The van der Waals surface area contributed by atoms with Gasteiger partial charge in [0.1, 0.15) is 0 Å². The zero-order valence-electron chi connectivity index (χ0n) is 10.1. The summed E-state index contributed by atoms with van der Waals surface area (Å²) in [6, 6.07) is 3.33. The van der Waals surface area contributed by atoms with E-state index in [-0.39, 0.29) is 5.92 Å². The van der Waals surface area contributed by atoms with Crippen LogP contribution in [-0.2, 0) is 0 Å². The van der Waals surface area contributed by atoms with Gasteiger partial charge in [0.25, 0.3) is 5.89 Å². The Hall–Kier alpha value is -1.26. The van der Waals surface area contributed by atoms with Gasteiger partial charge in [-0.3, -0.25) is 0 Å². The van der Waals surface area contributed by atoms with Crippen LogP contribution in [0.15, 0.2) is 16.7 Å². The van der Waals surface area contributed by atoms with E-state index in [2.05, 4.69) is 17.1 Å². The van der Waals surface area contributed by atoms with Gasteiger partial charge in [0.2, 0.25) is 0 Å². The third kappa shape index (κ3) is 2.44. The summed E-state index contributed by atoms with van der Waals surface area (Å²) >= 11 is 11.9. The van der Waals surface area contributed by atoms with Crippen molar-refractivity contribution in [3.63, 3.8) is 0 Å². The molecule has 96 valence electrons. The highest BCUT2D eigenvalue weighted by Gasteiger charge is 2.15. The van der Waals surface area contributed by atoms with Crippen molar-refractivity contribution >= 4 is 28.9 Å². The first kappa shape index (κ1) is 13.2. The van der Waals surface area contributed by atoms with Crippen LogP contribution in [0.4, 0.5) is 5.69 Å². The maximum absolute atomic E-state index is 5.97. The van der Waals surface area contributed by atoms with Gasteiger partial charge in [0.05, 0.1) is 15.7 Å². The van der Waals surface area contributed by atoms with E-state index in [1.807, 2.05) is 6.92 Å². The number of aromatic nitrogens is 2. The van der Waals surface area contributed by atoms with Gasteiger partial charge in [0, 0.05) is 11.5 Å². The topological polar surface area (TPSA) is 64.9 Å². The second-order valence-corrected chi connectivity index (χ2v) is 4.93. The number of nitrogens with zero attached hydrogens (tertiary/aromatic N) is 2. The summed E-state index contributed by atoms with van der Waals surface area (Å²) in [5.74, 6) is 1.33. The molecule has 0 aliphatic rings. The normalized spacial score (nSPS) is 12.7. The molecule has 0 spiro atoms. The van der Waals surface area contributed by atoms with Crippen molar-refractivity contribution in [1.29, 1.82) is 0 Å². The lowest BCUT2D eigenvalue weighted by molar-refractivity contribution is 0.416. The number of halogens is 2. The zero-order chi connectivity index (χ0) is 13.3. The third-order valence-corrected chi connectivity index (χ3v) is 3.45. The molecule has 0 radical (unpaired) electrons. The van der Waals surface area contributed by atoms with E-state index in [9.17, 15) is 0 Å². The number of hydrogen-bond donors (Lipinski definition) is 1. The Kier molecular flexibility index (Phi) is 3.78. The molecular weight excluding hydrogens is 273 g/mol. The molecule has 2 N–H and O–H groups in total. The Bertz CT molecular complexity index is 545. The molecule has 0 aliphatic carbocycles. The molecule has 18 heavy (non-hydrogen) atoms. The van der Waals surface area contributed by atoms with Gasteiger partial charge in [-0.25, -0.2) is 0 Å². The molecule has 0 fully saturated rings. The highest BCUT2D eigenvalue weighted by Crippen LogP contribution is 2.33. The van der Waals surface area contributed by atoms with Crippen molar-refractivity contribution in [3.8, 4) is 11.5 Å². The number of rotatable bonds is 3. The summed E-state index contributed by atoms with van der Waals surface area (Å²) in [5, 5.41) is 4.69. The van der Waals surface area contributed by atoms with Gasteiger partial charge in [0.15, 0.2) is 5.82 Å². The van der Waals surface area contributed by atoms with E-state index in [0.29, 0.717) is 33.0 Å².